The van der Waals surface area contributed by atoms with E-state index in [0.29, 0.717) is 6.61 Å². The Hall–Kier alpha value is -2.72. The Morgan fingerprint density at radius 2 is 1.23 bits per heavy atom. The third-order valence-corrected chi connectivity index (χ3v) is 8.30. The Morgan fingerprint density at radius 3 is 1.72 bits per heavy atom. The zero-order valence-corrected chi connectivity index (χ0v) is 32.3. The summed E-state index contributed by atoms with van der Waals surface area (Å²) < 4.78 is 57.6. The number of aliphatic hydroxyl groups is 3. The molecule has 0 aromatic rings. The maximum atomic E-state index is 11.9. The van der Waals surface area contributed by atoms with E-state index in [-0.39, 0.29) is 19.6 Å². The summed E-state index contributed by atoms with van der Waals surface area (Å²) in [6, 6.07) is 0. The highest BCUT2D eigenvalue weighted by atomic mass is 32.3. The highest BCUT2D eigenvalue weighted by Gasteiger charge is 2.48. The lowest BCUT2D eigenvalue weighted by atomic mass is 9.99. The number of hydrogen-bond donors (Lipinski definition) is 4. The van der Waals surface area contributed by atoms with Gasteiger partial charge in [0.25, 0.3) is 0 Å². The number of unbranched alkanes of at least 4 members (excludes halogenated alkanes) is 4. The van der Waals surface area contributed by atoms with E-state index in [1.54, 1.807) is 6.92 Å². The van der Waals surface area contributed by atoms with Gasteiger partial charge in [0.2, 0.25) is 0 Å². The van der Waals surface area contributed by atoms with Crippen LogP contribution in [0.1, 0.15) is 97.3 Å². The third kappa shape index (κ3) is 25.9. The van der Waals surface area contributed by atoms with Crippen LogP contribution >= 0.6 is 0 Å². The lowest BCUT2D eigenvalue weighted by Gasteiger charge is -2.41. The quantitative estimate of drug-likeness (QED) is 0.0268. The number of carbonyl (C=O) groups excluding carboxylic acids is 1. The van der Waals surface area contributed by atoms with Gasteiger partial charge in [0.1, 0.15) is 30.5 Å². The van der Waals surface area contributed by atoms with Crippen LogP contribution in [0.2, 0.25) is 0 Å². The van der Waals surface area contributed by atoms with Gasteiger partial charge in [-0.15, -0.1) is 0 Å². The van der Waals surface area contributed by atoms with Gasteiger partial charge < -0.3 is 34.3 Å². The molecule has 1 rings (SSSR count). The summed E-state index contributed by atoms with van der Waals surface area (Å²) >= 11 is 0. The molecule has 0 spiro atoms. The first-order chi connectivity index (χ1) is 25.6. The van der Waals surface area contributed by atoms with E-state index >= 15 is 0 Å². The van der Waals surface area contributed by atoms with Gasteiger partial charge in [-0.05, 0) is 64.2 Å². The van der Waals surface area contributed by atoms with Crippen molar-refractivity contribution in [1.29, 1.82) is 0 Å². The maximum absolute atomic E-state index is 11.9. The van der Waals surface area contributed by atoms with Gasteiger partial charge >= 0.3 is 16.4 Å². The van der Waals surface area contributed by atoms with Crippen molar-refractivity contribution < 1.29 is 56.2 Å². The second-order valence-corrected chi connectivity index (χ2v) is 13.4. The van der Waals surface area contributed by atoms with Crippen LogP contribution in [0, 0.1) is 0 Å². The van der Waals surface area contributed by atoms with E-state index in [0.717, 1.165) is 77.0 Å². The van der Waals surface area contributed by atoms with Crippen LogP contribution in [-0.4, -0.2) is 97.5 Å². The monoisotopic (exact) mass is 768 g/mol. The number of aliphatic hydroxyl groups excluding tert-OH is 3. The molecule has 0 saturated carbocycles. The molecule has 0 bridgehead atoms. The average molecular weight is 769 g/mol. The lowest BCUT2D eigenvalue weighted by Crippen LogP contribution is -2.60. The molecule has 4 N–H and O–H groups in total. The number of allylic oxidation sites excluding steroid dienone is 14. The fraction of sp³-hybridized carbons (Fsp3) is 0.625. The molecule has 0 radical (unpaired) electrons. The Morgan fingerprint density at radius 1 is 0.717 bits per heavy atom. The van der Waals surface area contributed by atoms with Crippen molar-refractivity contribution in [3.63, 3.8) is 0 Å². The molecule has 0 aromatic heterocycles. The normalized spacial score (nSPS) is 22.3. The van der Waals surface area contributed by atoms with E-state index in [2.05, 4.69) is 96.2 Å². The Bertz CT molecular complexity index is 1250. The van der Waals surface area contributed by atoms with Crippen LogP contribution in [-0.2, 0) is 38.3 Å². The van der Waals surface area contributed by atoms with Crippen molar-refractivity contribution in [3.05, 3.63) is 85.1 Å². The summed E-state index contributed by atoms with van der Waals surface area (Å²) in [5.41, 5.74) is 0. The SMILES string of the molecule is CC/C=C\C/C=C\C/C=C\C/C=C\C/C=C\C/C=C\C/C=C\CCCCCCOCC(COC1OC(CO)C(O)C(OS(=O)(=O)O)C1O)OC(=O)CC. The maximum Gasteiger partial charge on any atom is 0.397 e. The third-order valence-electron chi connectivity index (χ3n) is 7.84. The van der Waals surface area contributed by atoms with Crippen molar-refractivity contribution >= 4 is 16.4 Å². The number of rotatable bonds is 30. The molecule has 6 unspecified atom stereocenters. The van der Waals surface area contributed by atoms with Gasteiger partial charge in [-0.25, -0.2) is 4.18 Å². The van der Waals surface area contributed by atoms with Crippen molar-refractivity contribution in [2.75, 3.05) is 26.4 Å². The van der Waals surface area contributed by atoms with Crippen LogP contribution < -0.4 is 0 Å². The van der Waals surface area contributed by atoms with Gasteiger partial charge in [-0.3, -0.25) is 9.35 Å². The van der Waals surface area contributed by atoms with Crippen LogP contribution in [0.5, 0.6) is 0 Å². The summed E-state index contributed by atoms with van der Waals surface area (Å²) in [5.74, 6) is -0.502. The van der Waals surface area contributed by atoms with Crippen LogP contribution in [0.15, 0.2) is 85.1 Å². The number of ether oxygens (including phenoxy) is 4. The minimum absolute atomic E-state index is 0.00287. The van der Waals surface area contributed by atoms with E-state index < -0.39 is 59.8 Å². The fourth-order valence-corrected chi connectivity index (χ4v) is 5.49. The van der Waals surface area contributed by atoms with E-state index in [1.165, 1.54) is 0 Å². The van der Waals surface area contributed by atoms with Crippen molar-refractivity contribution in [2.24, 2.45) is 0 Å². The summed E-state index contributed by atoms with van der Waals surface area (Å²) in [6.07, 6.45) is 33.3. The molecular formula is C40H64O12S. The standard InChI is InChI=1S/C40H64O12S/c1-3-5-6-7-8-9-10-11-12-13-14-15-16-17-18-19-20-21-22-23-24-25-26-27-28-29-30-48-32-34(50-36(42)4-2)33-49-40-38(44)39(52-53(45,46)47)37(43)35(31-41)51-40/h5-6,8-9,11-12,14-15,17-18,20-21,23-24,34-35,37-41,43-44H,3-4,7,10,13,16,19,22,25-33H2,1-2H3,(H,45,46,47)/b6-5-,9-8-,12-11-,15-14-,18-17-,21-20-,24-23-. The van der Waals surface area contributed by atoms with Gasteiger partial charge in [-0.2, -0.15) is 8.42 Å². The first kappa shape index (κ1) is 48.3. The largest absolute Gasteiger partial charge is 0.457 e. The number of esters is 1. The molecule has 0 aliphatic carbocycles. The molecule has 53 heavy (non-hydrogen) atoms. The Balaban J connectivity index is 2.18. The molecule has 6 atom stereocenters. The lowest BCUT2D eigenvalue weighted by molar-refractivity contribution is -0.301. The van der Waals surface area contributed by atoms with Crippen molar-refractivity contribution in [1.82, 2.24) is 0 Å². The first-order valence-electron chi connectivity index (χ1n) is 18.8. The molecule has 302 valence electrons. The van der Waals surface area contributed by atoms with Gasteiger partial charge in [0.05, 0.1) is 19.8 Å². The molecule has 0 aromatic carbocycles. The number of hydrogen-bond acceptors (Lipinski definition) is 11. The molecule has 1 heterocycles. The minimum Gasteiger partial charge on any atom is -0.457 e. The zero-order valence-electron chi connectivity index (χ0n) is 31.5. The molecule has 1 fully saturated rings. The van der Waals surface area contributed by atoms with Crippen molar-refractivity contribution in [3.8, 4) is 0 Å². The predicted octanol–water partition coefficient (Wildman–Crippen LogP) is 6.56. The molecule has 12 nitrogen and oxygen atoms in total. The van der Waals surface area contributed by atoms with Crippen LogP contribution in [0.4, 0.5) is 0 Å². The van der Waals surface area contributed by atoms with E-state index in [9.17, 15) is 28.5 Å². The molecule has 1 aliphatic rings. The first-order valence-corrected chi connectivity index (χ1v) is 20.2. The minimum atomic E-state index is -5.05. The molecule has 13 heteroatoms. The van der Waals surface area contributed by atoms with Crippen molar-refractivity contribution in [2.45, 2.75) is 134 Å². The summed E-state index contributed by atoms with van der Waals surface area (Å²) in [6.45, 7) is 3.15. The second kappa shape index (κ2) is 31.6. The number of carbonyl (C=O) groups is 1. The summed E-state index contributed by atoms with van der Waals surface area (Å²) in [4.78, 5) is 11.9. The molecule has 0 amide bonds. The van der Waals surface area contributed by atoms with Gasteiger partial charge in [-0.1, -0.05) is 112 Å². The highest BCUT2D eigenvalue weighted by molar-refractivity contribution is 7.80. The molecule has 1 aliphatic heterocycles. The Kier molecular flexibility index (Phi) is 28.8. The Labute approximate surface area is 317 Å². The van der Waals surface area contributed by atoms with Gasteiger partial charge in [0.15, 0.2) is 6.29 Å². The highest BCUT2D eigenvalue weighted by Crippen LogP contribution is 2.25. The van der Waals surface area contributed by atoms with E-state index in [4.69, 9.17) is 23.5 Å². The van der Waals surface area contributed by atoms with Crippen LogP contribution in [0.25, 0.3) is 0 Å². The zero-order chi connectivity index (χ0) is 39.0. The fourth-order valence-electron chi connectivity index (χ4n) is 4.98. The molecular weight excluding hydrogens is 704 g/mol. The van der Waals surface area contributed by atoms with E-state index in [1.807, 2.05) is 0 Å². The topological polar surface area (TPSA) is 178 Å². The summed E-state index contributed by atoms with van der Waals surface area (Å²) in [5, 5.41) is 30.1. The predicted molar refractivity (Wildman–Crippen MR) is 206 cm³/mol. The summed E-state index contributed by atoms with van der Waals surface area (Å²) in [7, 11) is -5.05. The smallest absolute Gasteiger partial charge is 0.397 e. The molecule has 1 saturated heterocycles. The second-order valence-electron chi connectivity index (χ2n) is 12.4. The van der Waals surface area contributed by atoms with Gasteiger partial charge in [0, 0.05) is 13.0 Å². The van der Waals surface area contributed by atoms with Crippen LogP contribution in [0.3, 0.4) is 0 Å². The average Bonchev–Trinajstić information content (AvgIpc) is 3.13.